The van der Waals surface area contributed by atoms with Gasteiger partial charge in [0.1, 0.15) is 0 Å². The van der Waals surface area contributed by atoms with E-state index in [0.29, 0.717) is 0 Å². The highest BCUT2D eigenvalue weighted by atomic mass is 16.5. The third kappa shape index (κ3) is 4.19. The summed E-state index contributed by atoms with van der Waals surface area (Å²) in [4.78, 5) is 17.0. The second-order valence-corrected chi connectivity index (χ2v) is 6.75. The zero-order valence-corrected chi connectivity index (χ0v) is 14.6. The molecule has 2 fully saturated rings. The van der Waals surface area contributed by atoms with Gasteiger partial charge >= 0.3 is 6.03 Å². The standard InChI is InChI=1S/C18H28N4O2/c1-14(17-8-5-13-24-17)19-18(23)20-15-6-3-4-7-16(15)22-11-9-21(2)10-12-22/h3-4,6-7,14,17H,5,8-13H2,1-2H3,(H2,19,20,23)/t14-,17-/m1/s1. The molecule has 0 bridgehead atoms. The first-order valence-electron chi connectivity index (χ1n) is 8.85. The van der Waals surface area contributed by atoms with Gasteiger partial charge in [-0.2, -0.15) is 0 Å². The SMILES string of the molecule is C[C@@H](NC(=O)Nc1ccccc1N1CCN(C)CC1)[C@H]1CCCO1. The Hall–Kier alpha value is -1.79. The molecular weight excluding hydrogens is 304 g/mol. The van der Waals surface area contributed by atoms with E-state index in [2.05, 4.69) is 33.5 Å². The molecule has 132 valence electrons. The molecule has 0 radical (unpaired) electrons. The van der Waals surface area contributed by atoms with Gasteiger partial charge in [-0.25, -0.2) is 4.79 Å². The van der Waals surface area contributed by atoms with Crippen molar-refractivity contribution in [2.75, 3.05) is 50.1 Å². The number of ether oxygens (including phenoxy) is 1. The number of urea groups is 1. The van der Waals surface area contributed by atoms with Crippen LogP contribution in [0, 0.1) is 0 Å². The van der Waals surface area contributed by atoms with Crippen LogP contribution in [0.4, 0.5) is 16.2 Å². The predicted molar refractivity (Wildman–Crippen MR) is 96.7 cm³/mol. The summed E-state index contributed by atoms with van der Waals surface area (Å²) in [6.07, 6.45) is 2.22. The molecule has 0 saturated carbocycles. The van der Waals surface area contributed by atoms with Gasteiger partial charge in [0, 0.05) is 32.8 Å². The smallest absolute Gasteiger partial charge is 0.319 e. The number of carbonyl (C=O) groups excluding carboxylic acids is 1. The molecule has 24 heavy (non-hydrogen) atoms. The van der Waals surface area contributed by atoms with E-state index in [1.54, 1.807) is 0 Å². The average molecular weight is 332 g/mol. The summed E-state index contributed by atoms with van der Waals surface area (Å²) in [5.74, 6) is 0. The first-order valence-corrected chi connectivity index (χ1v) is 8.85. The Bertz CT molecular complexity index is 552. The molecule has 6 heteroatoms. The molecule has 2 aliphatic heterocycles. The Balaban J connectivity index is 1.61. The molecule has 0 unspecified atom stereocenters. The maximum absolute atomic E-state index is 12.4. The first kappa shape index (κ1) is 17.0. The van der Waals surface area contributed by atoms with Crippen molar-refractivity contribution in [3.8, 4) is 0 Å². The van der Waals surface area contributed by atoms with Crippen molar-refractivity contribution in [3.63, 3.8) is 0 Å². The van der Waals surface area contributed by atoms with Crippen molar-refractivity contribution >= 4 is 17.4 Å². The molecule has 2 saturated heterocycles. The summed E-state index contributed by atoms with van der Waals surface area (Å²) in [5, 5.41) is 6.02. The lowest BCUT2D eigenvalue weighted by Crippen LogP contribution is -2.45. The Morgan fingerprint density at radius 1 is 1.25 bits per heavy atom. The monoisotopic (exact) mass is 332 g/mol. The fraction of sp³-hybridized carbons (Fsp3) is 0.611. The van der Waals surface area contributed by atoms with Gasteiger partial charge in [0.25, 0.3) is 0 Å². The Morgan fingerprint density at radius 2 is 2.00 bits per heavy atom. The van der Waals surface area contributed by atoms with Crippen molar-refractivity contribution in [1.29, 1.82) is 0 Å². The van der Waals surface area contributed by atoms with Gasteiger partial charge in [0.2, 0.25) is 0 Å². The largest absolute Gasteiger partial charge is 0.376 e. The summed E-state index contributed by atoms with van der Waals surface area (Å²) in [6.45, 7) is 6.83. The fourth-order valence-electron chi connectivity index (χ4n) is 3.36. The molecule has 2 amide bonds. The van der Waals surface area contributed by atoms with Crippen molar-refractivity contribution < 1.29 is 9.53 Å². The molecule has 1 aromatic carbocycles. The molecule has 3 rings (SSSR count). The van der Waals surface area contributed by atoms with Gasteiger partial charge in [-0.15, -0.1) is 0 Å². The topological polar surface area (TPSA) is 56.8 Å². The number of amides is 2. The minimum absolute atomic E-state index is 0.0169. The Morgan fingerprint density at radius 3 is 2.71 bits per heavy atom. The number of rotatable bonds is 4. The lowest BCUT2D eigenvalue weighted by atomic mass is 10.1. The average Bonchev–Trinajstić information content (AvgIpc) is 3.11. The molecule has 1 aromatic rings. The maximum Gasteiger partial charge on any atom is 0.319 e. The van der Waals surface area contributed by atoms with E-state index in [1.165, 1.54) is 0 Å². The molecule has 2 heterocycles. The van der Waals surface area contributed by atoms with Crippen LogP contribution in [-0.4, -0.2) is 62.9 Å². The van der Waals surface area contributed by atoms with E-state index < -0.39 is 0 Å². The second kappa shape index (κ2) is 7.85. The minimum atomic E-state index is -0.167. The summed E-state index contributed by atoms with van der Waals surface area (Å²) >= 11 is 0. The molecule has 2 atom stereocenters. The van der Waals surface area contributed by atoms with Gasteiger partial charge in [-0.1, -0.05) is 12.1 Å². The summed E-state index contributed by atoms with van der Waals surface area (Å²) in [5.41, 5.74) is 1.95. The summed E-state index contributed by atoms with van der Waals surface area (Å²) in [6, 6.07) is 7.86. The number of benzene rings is 1. The van der Waals surface area contributed by atoms with Crippen LogP contribution in [0.1, 0.15) is 19.8 Å². The Kier molecular flexibility index (Phi) is 5.58. The number of anilines is 2. The first-order chi connectivity index (χ1) is 11.6. The normalized spacial score (nSPS) is 23.1. The van der Waals surface area contributed by atoms with E-state index in [-0.39, 0.29) is 18.2 Å². The second-order valence-electron chi connectivity index (χ2n) is 6.75. The lowest BCUT2D eigenvalue weighted by Gasteiger charge is -2.35. The van der Waals surface area contributed by atoms with Crippen LogP contribution in [0.15, 0.2) is 24.3 Å². The molecule has 2 N–H and O–H groups in total. The van der Waals surface area contributed by atoms with Crippen LogP contribution in [0.5, 0.6) is 0 Å². The van der Waals surface area contributed by atoms with E-state index in [0.717, 1.165) is 57.0 Å². The number of carbonyl (C=O) groups is 1. The molecule has 0 aromatic heterocycles. The number of likely N-dealkylation sites (N-methyl/N-ethyl adjacent to an activating group) is 1. The van der Waals surface area contributed by atoms with E-state index in [9.17, 15) is 4.79 Å². The highest BCUT2D eigenvalue weighted by Crippen LogP contribution is 2.26. The van der Waals surface area contributed by atoms with Gasteiger partial charge in [0.15, 0.2) is 0 Å². The minimum Gasteiger partial charge on any atom is -0.376 e. The maximum atomic E-state index is 12.4. The Labute approximate surface area is 144 Å². The van der Waals surface area contributed by atoms with Crippen molar-refractivity contribution in [3.05, 3.63) is 24.3 Å². The zero-order chi connectivity index (χ0) is 16.9. The van der Waals surface area contributed by atoms with E-state index in [4.69, 9.17) is 4.74 Å². The number of para-hydroxylation sites is 2. The number of nitrogens with zero attached hydrogens (tertiary/aromatic N) is 2. The van der Waals surface area contributed by atoms with Gasteiger partial charge in [0.05, 0.1) is 23.5 Å². The quantitative estimate of drug-likeness (QED) is 0.887. The van der Waals surface area contributed by atoms with Crippen LogP contribution in [0.25, 0.3) is 0 Å². The van der Waals surface area contributed by atoms with Crippen LogP contribution in [0.2, 0.25) is 0 Å². The summed E-state index contributed by atoms with van der Waals surface area (Å²) < 4.78 is 5.64. The highest BCUT2D eigenvalue weighted by molar-refractivity contribution is 5.93. The van der Waals surface area contributed by atoms with Gasteiger partial charge in [-0.05, 0) is 38.9 Å². The van der Waals surface area contributed by atoms with Gasteiger partial charge < -0.3 is 25.2 Å². The summed E-state index contributed by atoms with van der Waals surface area (Å²) in [7, 11) is 2.14. The van der Waals surface area contributed by atoms with Crippen molar-refractivity contribution in [2.24, 2.45) is 0 Å². The highest BCUT2D eigenvalue weighted by Gasteiger charge is 2.24. The number of hydrogen-bond donors (Lipinski definition) is 2. The van der Waals surface area contributed by atoms with Gasteiger partial charge in [-0.3, -0.25) is 0 Å². The molecule has 2 aliphatic rings. The molecule has 0 spiro atoms. The molecule has 0 aliphatic carbocycles. The lowest BCUT2D eigenvalue weighted by molar-refractivity contribution is 0.0868. The van der Waals surface area contributed by atoms with Crippen molar-refractivity contribution in [1.82, 2.24) is 10.2 Å². The van der Waals surface area contributed by atoms with Crippen LogP contribution in [-0.2, 0) is 4.74 Å². The van der Waals surface area contributed by atoms with Crippen LogP contribution >= 0.6 is 0 Å². The zero-order valence-electron chi connectivity index (χ0n) is 14.6. The predicted octanol–water partition coefficient (Wildman–Crippen LogP) is 2.13. The van der Waals surface area contributed by atoms with E-state index in [1.807, 2.05) is 25.1 Å². The number of piperazine rings is 1. The number of nitrogens with one attached hydrogen (secondary N) is 2. The third-order valence-electron chi connectivity index (χ3n) is 4.88. The molecule has 6 nitrogen and oxygen atoms in total. The van der Waals surface area contributed by atoms with Crippen LogP contribution in [0.3, 0.4) is 0 Å². The fourth-order valence-corrected chi connectivity index (χ4v) is 3.36. The number of hydrogen-bond acceptors (Lipinski definition) is 4. The molecular formula is C18H28N4O2. The van der Waals surface area contributed by atoms with E-state index >= 15 is 0 Å². The van der Waals surface area contributed by atoms with Crippen LogP contribution < -0.4 is 15.5 Å². The third-order valence-corrected chi connectivity index (χ3v) is 4.88. The van der Waals surface area contributed by atoms with Crippen molar-refractivity contribution in [2.45, 2.75) is 31.9 Å².